The molecule has 0 spiro atoms. The van der Waals surface area contributed by atoms with Crippen molar-refractivity contribution in [3.63, 3.8) is 0 Å². The van der Waals surface area contributed by atoms with Crippen molar-refractivity contribution in [3.05, 3.63) is 70.5 Å². The van der Waals surface area contributed by atoms with Gasteiger partial charge < -0.3 is 15.0 Å². The molecule has 28 heavy (non-hydrogen) atoms. The topological polar surface area (TPSA) is 79.9 Å². The highest BCUT2D eigenvalue weighted by atomic mass is 35.5. The van der Waals surface area contributed by atoms with Crippen molar-refractivity contribution in [2.75, 3.05) is 12.4 Å². The minimum atomic E-state index is -0.383. The average molecular weight is 413 g/mol. The number of carbonyl (C=O) groups excluding carboxylic acids is 1. The first-order chi connectivity index (χ1) is 13.6. The van der Waals surface area contributed by atoms with Crippen LogP contribution >= 0.6 is 23.2 Å². The standard InChI is InChI=1S/C20H14Cl2N4O2/c1-28-15-8-7-12(20(27)26-17-13(21)9-23-10-14(17)22)16-18(15)25-19(24-16)11-5-3-2-4-6-11/h2-10H,1H3,(H,24,25)(H,23,26,27). The number of H-pyrrole nitrogens is 1. The van der Waals surface area contributed by atoms with Crippen molar-refractivity contribution >= 4 is 45.8 Å². The fourth-order valence-corrected chi connectivity index (χ4v) is 3.33. The number of pyridine rings is 1. The minimum absolute atomic E-state index is 0.250. The van der Waals surface area contributed by atoms with Crippen LogP contribution in [0.2, 0.25) is 10.0 Å². The van der Waals surface area contributed by atoms with Gasteiger partial charge in [-0.25, -0.2) is 4.98 Å². The van der Waals surface area contributed by atoms with Gasteiger partial charge in [0.15, 0.2) is 0 Å². The van der Waals surface area contributed by atoms with Crippen LogP contribution in [0.1, 0.15) is 10.4 Å². The number of hydrogen-bond donors (Lipinski definition) is 2. The molecule has 0 aliphatic heterocycles. The molecule has 1 amide bonds. The predicted octanol–water partition coefficient (Wildman–Crippen LogP) is 5.19. The second-order valence-electron chi connectivity index (χ2n) is 5.92. The van der Waals surface area contributed by atoms with E-state index in [1.165, 1.54) is 12.4 Å². The lowest BCUT2D eigenvalue weighted by molar-refractivity contribution is 0.102. The van der Waals surface area contributed by atoms with Gasteiger partial charge >= 0.3 is 0 Å². The Morgan fingerprint density at radius 2 is 1.79 bits per heavy atom. The van der Waals surface area contributed by atoms with Crippen LogP contribution in [0.5, 0.6) is 5.75 Å². The minimum Gasteiger partial charge on any atom is -0.494 e. The number of carbonyl (C=O) groups is 1. The number of nitrogens with one attached hydrogen (secondary N) is 2. The summed E-state index contributed by atoms with van der Waals surface area (Å²) < 4.78 is 5.40. The van der Waals surface area contributed by atoms with Gasteiger partial charge in [-0.2, -0.15) is 0 Å². The number of rotatable bonds is 4. The van der Waals surface area contributed by atoms with Crippen LogP contribution in [0.4, 0.5) is 5.69 Å². The summed E-state index contributed by atoms with van der Waals surface area (Å²) in [6, 6.07) is 13.0. The van der Waals surface area contributed by atoms with Gasteiger partial charge in [-0.3, -0.25) is 9.78 Å². The molecule has 2 heterocycles. The zero-order chi connectivity index (χ0) is 19.7. The van der Waals surface area contributed by atoms with E-state index in [1.54, 1.807) is 19.2 Å². The molecule has 0 aliphatic rings. The molecule has 0 aliphatic carbocycles. The molecule has 0 bridgehead atoms. The molecule has 8 heteroatoms. The van der Waals surface area contributed by atoms with Gasteiger partial charge in [0.1, 0.15) is 17.1 Å². The molecule has 6 nitrogen and oxygen atoms in total. The number of benzene rings is 2. The quantitative estimate of drug-likeness (QED) is 0.483. The zero-order valence-electron chi connectivity index (χ0n) is 14.7. The lowest BCUT2D eigenvalue weighted by Crippen LogP contribution is -2.13. The normalized spacial score (nSPS) is 10.8. The van der Waals surface area contributed by atoms with E-state index < -0.39 is 0 Å². The number of hydrogen-bond acceptors (Lipinski definition) is 4. The van der Waals surface area contributed by atoms with Gasteiger partial charge in [-0.1, -0.05) is 53.5 Å². The van der Waals surface area contributed by atoms with E-state index in [-0.39, 0.29) is 16.0 Å². The van der Waals surface area contributed by atoms with Crippen molar-refractivity contribution < 1.29 is 9.53 Å². The zero-order valence-corrected chi connectivity index (χ0v) is 16.2. The Morgan fingerprint density at radius 3 is 2.46 bits per heavy atom. The Morgan fingerprint density at radius 1 is 1.07 bits per heavy atom. The van der Waals surface area contributed by atoms with Crippen molar-refractivity contribution in [3.8, 4) is 17.1 Å². The number of amides is 1. The van der Waals surface area contributed by atoms with Gasteiger partial charge in [0, 0.05) is 18.0 Å². The summed E-state index contributed by atoms with van der Waals surface area (Å²) in [5.41, 5.74) is 2.69. The van der Waals surface area contributed by atoms with Gasteiger partial charge in [0.2, 0.25) is 0 Å². The van der Waals surface area contributed by atoms with Gasteiger partial charge in [-0.15, -0.1) is 0 Å². The first-order valence-corrected chi connectivity index (χ1v) is 9.06. The molecule has 2 aromatic carbocycles. The molecule has 2 N–H and O–H groups in total. The van der Waals surface area contributed by atoms with E-state index in [4.69, 9.17) is 27.9 Å². The van der Waals surface area contributed by atoms with Crippen LogP contribution in [-0.2, 0) is 0 Å². The summed E-state index contributed by atoms with van der Waals surface area (Å²) in [5.74, 6) is 0.810. The molecule has 0 unspecified atom stereocenters. The smallest absolute Gasteiger partial charge is 0.257 e. The Labute approximate surface area is 170 Å². The van der Waals surface area contributed by atoms with Crippen LogP contribution in [0.25, 0.3) is 22.4 Å². The highest BCUT2D eigenvalue weighted by Crippen LogP contribution is 2.32. The molecule has 140 valence electrons. The number of nitrogens with zero attached hydrogens (tertiary/aromatic N) is 2. The van der Waals surface area contributed by atoms with E-state index >= 15 is 0 Å². The second-order valence-corrected chi connectivity index (χ2v) is 6.74. The van der Waals surface area contributed by atoms with Crippen LogP contribution in [0.3, 0.4) is 0 Å². The maximum absolute atomic E-state index is 12.9. The van der Waals surface area contributed by atoms with E-state index in [1.807, 2.05) is 30.3 Å². The van der Waals surface area contributed by atoms with Crippen molar-refractivity contribution in [2.45, 2.75) is 0 Å². The number of anilines is 1. The fraction of sp³-hybridized carbons (Fsp3) is 0.0500. The lowest BCUT2D eigenvalue weighted by atomic mass is 10.1. The molecule has 0 saturated carbocycles. The summed E-state index contributed by atoms with van der Waals surface area (Å²) in [6.45, 7) is 0. The number of ether oxygens (including phenoxy) is 1. The van der Waals surface area contributed by atoms with E-state index in [0.29, 0.717) is 33.9 Å². The Bertz CT molecular complexity index is 1160. The van der Waals surface area contributed by atoms with Gasteiger partial charge in [0.25, 0.3) is 5.91 Å². The number of methoxy groups -OCH3 is 1. The Kier molecular flexibility index (Phi) is 4.90. The molecule has 0 saturated heterocycles. The third kappa shape index (κ3) is 3.28. The van der Waals surface area contributed by atoms with Crippen molar-refractivity contribution in [1.29, 1.82) is 0 Å². The van der Waals surface area contributed by atoms with Crippen LogP contribution in [0.15, 0.2) is 54.9 Å². The first kappa shape index (κ1) is 18.3. The van der Waals surface area contributed by atoms with Gasteiger partial charge in [-0.05, 0) is 12.1 Å². The Balaban J connectivity index is 1.81. The summed E-state index contributed by atoms with van der Waals surface area (Å²) in [7, 11) is 1.56. The van der Waals surface area contributed by atoms with E-state index in [0.717, 1.165) is 5.56 Å². The monoisotopic (exact) mass is 412 g/mol. The van der Waals surface area contributed by atoms with Crippen molar-refractivity contribution in [1.82, 2.24) is 15.0 Å². The number of fused-ring (bicyclic) bond motifs is 1. The molecular formula is C20H14Cl2N4O2. The van der Waals surface area contributed by atoms with Gasteiger partial charge in [0.05, 0.1) is 33.9 Å². The number of aromatic nitrogens is 3. The molecule has 2 aromatic heterocycles. The summed E-state index contributed by atoms with van der Waals surface area (Å²) in [4.78, 5) is 24.7. The summed E-state index contributed by atoms with van der Waals surface area (Å²) >= 11 is 12.2. The van der Waals surface area contributed by atoms with E-state index in [2.05, 4.69) is 20.3 Å². The SMILES string of the molecule is COc1ccc(C(=O)Nc2c(Cl)cncc2Cl)c2[nH]c(-c3ccccc3)nc12. The molecule has 0 radical (unpaired) electrons. The largest absolute Gasteiger partial charge is 0.494 e. The second kappa shape index (κ2) is 7.50. The molecule has 4 rings (SSSR count). The van der Waals surface area contributed by atoms with Crippen LogP contribution in [-0.4, -0.2) is 28.0 Å². The maximum Gasteiger partial charge on any atom is 0.257 e. The number of halogens is 2. The third-order valence-electron chi connectivity index (χ3n) is 4.21. The maximum atomic E-state index is 12.9. The van der Waals surface area contributed by atoms with Crippen LogP contribution in [0, 0.1) is 0 Å². The summed E-state index contributed by atoms with van der Waals surface area (Å²) in [5, 5.41) is 3.24. The average Bonchev–Trinajstić information content (AvgIpc) is 3.16. The van der Waals surface area contributed by atoms with Crippen molar-refractivity contribution in [2.24, 2.45) is 0 Å². The number of aromatic amines is 1. The number of imidazole rings is 1. The predicted molar refractivity (Wildman–Crippen MR) is 110 cm³/mol. The summed E-state index contributed by atoms with van der Waals surface area (Å²) in [6.07, 6.45) is 2.83. The molecule has 0 atom stereocenters. The lowest BCUT2D eigenvalue weighted by Gasteiger charge is -2.10. The highest BCUT2D eigenvalue weighted by molar-refractivity contribution is 6.39. The molecule has 4 aromatic rings. The third-order valence-corrected chi connectivity index (χ3v) is 4.78. The first-order valence-electron chi connectivity index (χ1n) is 8.31. The van der Waals surface area contributed by atoms with E-state index in [9.17, 15) is 4.79 Å². The fourth-order valence-electron chi connectivity index (χ4n) is 2.87. The van der Waals surface area contributed by atoms with Crippen LogP contribution < -0.4 is 10.1 Å². The highest BCUT2D eigenvalue weighted by Gasteiger charge is 2.19. The molecule has 0 fully saturated rings. The molecular weight excluding hydrogens is 399 g/mol. The Hall–Kier alpha value is -3.09.